The van der Waals surface area contributed by atoms with Gasteiger partial charge in [-0.2, -0.15) is 0 Å². The Balaban J connectivity index is 1.22. The number of thiophene rings is 1. The van der Waals surface area contributed by atoms with Gasteiger partial charge in [-0.15, -0.1) is 11.3 Å². The molecule has 0 radical (unpaired) electrons. The maximum Gasteiger partial charge on any atom is 0.0727 e. The second-order valence-corrected chi connectivity index (χ2v) is 17.0. The molecule has 2 aliphatic carbocycles. The highest BCUT2D eigenvalue weighted by Crippen LogP contribution is 2.65. The zero-order valence-electron chi connectivity index (χ0n) is 31.3. The van der Waals surface area contributed by atoms with E-state index >= 15 is 0 Å². The van der Waals surface area contributed by atoms with E-state index in [0.717, 1.165) is 11.4 Å². The summed E-state index contributed by atoms with van der Waals surface area (Å²) in [6.07, 6.45) is 0. The molecule has 0 fully saturated rings. The third-order valence-corrected chi connectivity index (χ3v) is 14.5. The van der Waals surface area contributed by atoms with Crippen LogP contribution in [0.1, 0.15) is 22.3 Å². The number of benzene rings is 9. The molecule has 0 bridgehead atoms. The highest BCUT2D eigenvalue weighted by molar-refractivity contribution is 7.25. The predicted octanol–water partition coefficient (Wildman–Crippen LogP) is 15.0. The first kappa shape index (κ1) is 31.0. The Morgan fingerprint density at radius 1 is 0.397 bits per heavy atom. The third kappa shape index (κ3) is 3.65. The van der Waals surface area contributed by atoms with Gasteiger partial charge in [-0.1, -0.05) is 146 Å². The molecule has 0 saturated heterocycles. The topological polar surface area (TPSA) is 7.65 Å². The Morgan fingerprint density at radius 3 is 1.79 bits per heavy atom. The Bertz CT molecular complexity index is 3650. The van der Waals surface area contributed by atoms with Gasteiger partial charge in [0.15, 0.2) is 0 Å². The fraction of sp³-hybridized carbons (Fsp3) is 0.0182. The Morgan fingerprint density at radius 2 is 1.00 bits per heavy atom. The maximum atomic E-state index is 2.61. The first-order valence-corrected chi connectivity index (χ1v) is 20.9. The van der Waals surface area contributed by atoms with Gasteiger partial charge in [0.05, 0.1) is 27.7 Å². The van der Waals surface area contributed by atoms with Crippen LogP contribution in [0.25, 0.3) is 80.5 Å². The SMILES string of the molecule is c1ccc(N(c2ccc3sc4ccccc4c3c2)c2cc3c(c4c2c2cccc5c6ccccc6n4c52)-c2ccccc2C32c3ccccc3-c3ccccc32)cc1. The zero-order valence-corrected chi connectivity index (χ0v) is 32.1. The molecular formula is C55H32N2S. The molecule has 2 aliphatic rings. The van der Waals surface area contributed by atoms with E-state index in [1.807, 2.05) is 11.3 Å². The van der Waals surface area contributed by atoms with Gasteiger partial charge in [0, 0.05) is 58.7 Å². The van der Waals surface area contributed by atoms with Gasteiger partial charge in [0.2, 0.25) is 0 Å². The monoisotopic (exact) mass is 752 g/mol. The van der Waals surface area contributed by atoms with Crippen molar-refractivity contribution in [2.24, 2.45) is 0 Å². The zero-order chi connectivity index (χ0) is 37.7. The van der Waals surface area contributed by atoms with Crippen molar-refractivity contribution in [2.45, 2.75) is 5.41 Å². The number of nitrogens with zero attached hydrogens (tertiary/aromatic N) is 2. The van der Waals surface area contributed by atoms with E-state index in [2.05, 4.69) is 203 Å². The normalized spacial score (nSPS) is 13.7. The molecule has 3 heteroatoms. The van der Waals surface area contributed by atoms with E-state index in [1.54, 1.807) is 0 Å². The minimum absolute atomic E-state index is 0.504. The molecule has 0 aliphatic heterocycles. The van der Waals surface area contributed by atoms with Gasteiger partial charge in [0.25, 0.3) is 0 Å². The van der Waals surface area contributed by atoms with Gasteiger partial charge in [-0.3, -0.25) is 0 Å². The van der Waals surface area contributed by atoms with Crippen molar-refractivity contribution in [1.29, 1.82) is 0 Å². The van der Waals surface area contributed by atoms with Gasteiger partial charge in [-0.25, -0.2) is 0 Å². The lowest BCUT2D eigenvalue weighted by molar-refractivity contribution is 0.794. The molecule has 2 nitrogen and oxygen atoms in total. The van der Waals surface area contributed by atoms with E-state index in [1.165, 1.54) is 108 Å². The van der Waals surface area contributed by atoms with Gasteiger partial charge >= 0.3 is 0 Å². The molecular weight excluding hydrogens is 721 g/mol. The van der Waals surface area contributed by atoms with Crippen LogP contribution >= 0.6 is 11.3 Å². The molecule has 14 rings (SSSR count). The van der Waals surface area contributed by atoms with Crippen LogP contribution in [0.3, 0.4) is 0 Å². The number of anilines is 3. The lowest BCUT2D eigenvalue weighted by Crippen LogP contribution is -2.26. The summed E-state index contributed by atoms with van der Waals surface area (Å²) in [5.41, 5.74) is 17.4. The van der Waals surface area contributed by atoms with E-state index in [0.29, 0.717) is 0 Å². The van der Waals surface area contributed by atoms with Crippen molar-refractivity contribution in [2.75, 3.05) is 4.90 Å². The summed E-state index contributed by atoms with van der Waals surface area (Å²) in [6, 6.07) is 73.0. The van der Waals surface area contributed by atoms with Crippen molar-refractivity contribution in [3.63, 3.8) is 0 Å². The number of fused-ring (bicyclic) bond motifs is 20. The van der Waals surface area contributed by atoms with Crippen molar-refractivity contribution in [1.82, 2.24) is 4.40 Å². The van der Waals surface area contributed by atoms with E-state index in [4.69, 9.17) is 0 Å². The summed E-state index contributed by atoms with van der Waals surface area (Å²) in [5, 5.41) is 7.72. The molecule has 0 unspecified atom stereocenters. The average molecular weight is 753 g/mol. The molecule has 0 amide bonds. The molecule has 9 aromatic carbocycles. The molecule has 12 aromatic rings. The van der Waals surface area contributed by atoms with Crippen molar-refractivity contribution >= 4 is 86.7 Å². The van der Waals surface area contributed by atoms with Gasteiger partial charge in [0.1, 0.15) is 0 Å². The minimum atomic E-state index is -0.504. The second kappa shape index (κ2) is 11.0. The summed E-state index contributed by atoms with van der Waals surface area (Å²) in [6.45, 7) is 0. The predicted molar refractivity (Wildman–Crippen MR) is 245 cm³/mol. The largest absolute Gasteiger partial charge is 0.310 e. The summed E-state index contributed by atoms with van der Waals surface area (Å²) in [7, 11) is 0. The molecule has 1 spiro atoms. The van der Waals surface area contributed by atoms with Crippen LogP contribution in [0.5, 0.6) is 0 Å². The highest BCUT2D eigenvalue weighted by Gasteiger charge is 2.53. The molecule has 58 heavy (non-hydrogen) atoms. The molecule has 3 aromatic heterocycles. The minimum Gasteiger partial charge on any atom is -0.310 e. The van der Waals surface area contributed by atoms with Crippen LogP contribution < -0.4 is 4.90 Å². The number of hydrogen-bond acceptors (Lipinski definition) is 2. The number of rotatable bonds is 3. The van der Waals surface area contributed by atoms with Crippen LogP contribution in [-0.4, -0.2) is 4.40 Å². The fourth-order valence-corrected chi connectivity index (χ4v) is 12.3. The second-order valence-electron chi connectivity index (χ2n) is 15.9. The maximum absolute atomic E-state index is 2.61. The fourth-order valence-electron chi connectivity index (χ4n) is 11.2. The van der Waals surface area contributed by atoms with E-state index in [-0.39, 0.29) is 0 Å². The van der Waals surface area contributed by atoms with Crippen LogP contribution in [-0.2, 0) is 5.41 Å². The Labute approximate surface area is 338 Å². The smallest absolute Gasteiger partial charge is 0.0727 e. The summed E-state index contributed by atoms with van der Waals surface area (Å²) in [4.78, 5) is 2.54. The first-order chi connectivity index (χ1) is 28.8. The third-order valence-electron chi connectivity index (χ3n) is 13.3. The Hall–Kier alpha value is -7.20. The molecule has 0 saturated carbocycles. The van der Waals surface area contributed by atoms with Gasteiger partial charge < -0.3 is 9.30 Å². The molecule has 3 heterocycles. The van der Waals surface area contributed by atoms with E-state index < -0.39 is 5.41 Å². The van der Waals surface area contributed by atoms with Gasteiger partial charge in [-0.05, 0) is 87.5 Å². The van der Waals surface area contributed by atoms with Crippen LogP contribution in [0.2, 0.25) is 0 Å². The molecule has 268 valence electrons. The number of aromatic nitrogens is 1. The van der Waals surface area contributed by atoms with Crippen molar-refractivity contribution < 1.29 is 0 Å². The Kier molecular flexibility index (Phi) is 5.87. The van der Waals surface area contributed by atoms with Crippen LogP contribution in [0, 0.1) is 0 Å². The first-order valence-electron chi connectivity index (χ1n) is 20.1. The van der Waals surface area contributed by atoms with Crippen molar-refractivity contribution in [3.05, 3.63) is 216 Å². The number of para-hydroxylation sites is 3. The summed E-state index contributed by atoms with van der Waals surface area (Å²) in [5.74, 6) is 0. The average Bonchev–Trinajstić information content (AvgIpc) is 4.07. The molecule has 0 atom stereocenters. The number of hydrogen-bond donors (Lipinski definition) is 0. The highest BCUT2D eigenvalue weighted by atomic mass is 32.1. The van der Waals surface area contributed by atoms with Crippen LogP contribution in [0.15, 0.2) is 194 Å². The quantitative estimate of drug-likeness (QED) is 0.174. The summed E-state index contributed by atoms with van der Waals surface area (Å²) < 4.78 is 5.23. The summed E-state index contributed by atoms with van der Waals surface area (Å²) >= 11 is 1.87. The lowest BCUT2D eigenvalue weighted by Gasteiger charge is -2.32. The lowest BCUT2D eigenvalue weighted by atomic mass is 9.70. The van der Waals surface area contributed by atoms with E-state index in [9.17, 15) is 0 Å². The van der Waals surface area contributed by atoms with Crippen LogP contribution in [0.4, 0.5) is 17.1 Å². The molecule has 0 N–H and O–H groups in total. The van der Waals surface area contributed by atoms with Crippen molar-refractivity contribution in [3.8, 4) is 22.3 Å². The standard InChI is InChI=1S/C55H32N2S/c1-2-15-33(16-3-1)56(34-29-30-50-42(31-34)38-20-8-13-28-49(38)58-50)48-32-46-51(54-52(48)41-23-14-22-39-37-19-7-12-27-47(37)57(54)53(39)41)40-21-6-11-26-45(40)55(46)43-24-9-4-17-35(43)36-18-5-10-25-44(36)55/h1-32H.